The maximum absolute atomic E-state index is 3.18. The second-order valence-corrected chi connectivity index (χ2v) is 3.96. The third-order valence-corrected chi connectivity index (χ3v) is 2.95. The Morgan fingerprint density at radius 3 is 2.25 bits per heavy atom. The highest BCUT2D eigenvalue weighted by Crippen LogP contribution is 2.19. The van der Waals surface area contributed by atoms with Crippen LogP contribution in [0.4, 0.5) is 0 Å². The molecule has 0 bridgehead atoms. The molecular formula is C11H25N. The van der Waals surface area contributed by atoms with Crippen molar-refractivity contribution in [3.05, 3.63) is 0 Å². The molecule has 0 rings (SSSR count). The van der Waals surface area contributed by atoms with Crippen molar-refractivity contribution in [2.45, 2.75) is 46.5 Å². The number of hydrogen-bond donors (Lipinski definition) is 1. The van der Waals surface area contributed by atoms with Crippen molar-refractivity contribution in [1.82, 2.24) is 5.32 Å². The lowest BCUT2D eigenvalue weighted by atomic mass is 9.89. The largest absolute Gasteiger partial charge is 0.320 e. The Kier molecular flexibility index (Phi) is 7.58. The van der Waals surface area contributed by atoms with Gasteiger partial charge in [-0.2, -0.15) is 0 Å². The summed E-state index contributed by atoms with van der Waals surface area (Å²) < 4.78 is 0. The predicted molar refractivity (Wildman–Crippen MR) is 56.4 cm³/mol. The first-order chi connectivity index (χ1) is 5.72. The highest BCUT2D eigenvalue weighted by atomic mass is 14.8. The van der Waals surface area contributed by atoms with E-state index >= 15 is 0 Å². The van der Waals surface area contributed by atoms with Crippen molar-refractivity contribution in [3.63, 3.8) is 0 Å². The van der Waals surface area contributed by atoms with Gasteiger partial charge in [0.25, 0.3) is 0 Å². The van der Waals surface area contributed by atoms with Crippen LogP contribution >= 0.6 is 0 Å². The molecule has 0 saturated carbocycles. The molecule has 0 aromatic rings. The van der Waals surface area contributed by atoms with E-state index in [1.54, 1.807) is 0 Å². The lowest BCUT2D eigenvalue weighted by molar-refractivity contribution is 0.344. The summed E-state index contributed by atoms with van der Waals surface area (Å²) in [4.78, 5) is 0. The van der Waals surface area contributed by atoms with E-state index in [1.165, 1.54) is 32.2 Å². The van der Waals surface area contributed by atoms with Crippen LogP contribution in [0, 0.1) is 11.8 Å². The summed E-state index contributed by atoms with van der Waals surface area (Å²) in [5.74, 6) is 1.81. The molecule has 1 nitrogen and oxygen atoms in total. The quantitative estimate of drug-likeness (QED) is 0.580. The first kappa shape index (κ1) is 12.0. The first-order valence-electron chi connectivity index (χ1n) is 5.37. The fourth-order valence-electron chi connectivity index (χ4n) is 1.45. The van der Waals surface area contributed by atoms with Crippen LogP contribution in [0.25, 0.3) is 0 Å². The van der Waals surface area contributed by atoms with Gasteiger partial charge in [-0.3, -0.25) is 0 Å². The van der Waals surface area contributed by atoms with Gasteiger partial charge in [0.05, 0.1) is 0 Å². The Bertz CT molecular complexity index is 91.0. The van der Waals surface area contributed by atoms with Gasteiger partial charge < -0.3 is 5.32 Å². The first-order valence-corrected chi connectivity index (χ1v) is 5.37. The molecule has 0 radical (unpaired) electrons. The summed E-state index contributed by atoms with van der Waals surface area (Å²) in [6, 6.07) is 0. The molecule has 0 aromatic heterocycles. The summed E-state index contributed by atoms with van der Waals surface area (Å²) in [7, 11) is 2.03. The molecule has 0 spiro atoms. The molecule has 2 atom stereocenters. The molecule has 0 saturated heterocycles. The predicted octanol–water partition coefficient (Wildman–Crippen LogP) is 3.06. The second-order valence-electron chi connectivity index (χ2n) is 3.96. The summed E-state index contributed by atoms with van der Waals surface area (Å²) >= 11 is 0. The molecule has 74 valence electrons. The lowest BCUT2D eigenvalue weighted by Gasteiger charge is -2.17. The average Bonchev–Trinajstić information content (AvgIpc) is 2.10. The van der Waals surface area contributed by atoms with Crippen LogP contribution in [0.3, 0.4) is 0 Å². The normalized spacial score (nSPS) is 16.0. The van der Waals surface area contributed by atoms with Gasteiger partial charge in [-0.05, 0) is 31.8 Å². The molecule has 12 heavy (non-hydrogen) atoms. The average molecular weight is 171 g/mol. The van der Waals surface area contributed by atoms with Crippen LogP contribution in [-0.4, -0.2) is 13.6 Å². The summed E-state index contributed by atoms with van der Waals surface area (Å²) in [5.41, 5.74) is 0. The lowest BCUT2D eigenvalue weighted by Crippen LogP contribution is -2.10. The minimum atomic E-state index is 0.902. The molecule has 0 aromatic carbocycles. The fraction of sp³-hybridized carbons (Fsp3) is 1.00. The minimum absolute atomic E-state index is 0.902. The smallest absolute Gasteiger partial charge is 0.00519 e. The zero-order valence-electron chi connectivity index (χ0n) is 9.19. The third kappa shape index (κ3) is 5.59. The van der Waals surface area contributed by atoms with Gasteiger partial charge in [-0.15, -0.1) is 0 Å². The van der Waals surface area contributed by atoms with Crippen LogP contribution in [0.2, 0.25) is 0 Å². The third-order valence-electron chi connectivity index (χ3n) is 2.95. The van der Waals surface area contributed by atoms with Crippen LogP contribution in [0.15, 0.2) is 0 Å². The van der Waals surface area contributed by atoms with E-state index < -0.39 is 0 Å². The van der Waals surface area contributed by atoms with Crippen LogP contribution < -0.4 is 5.32 Å². The number of rotatable bonds is 7. The molecule has 1 N–H and O–H groups in total. The van der Waals surface area contributed by atoms with Gasteiger partial charge >= 0.3 is 0 Å². The SMILES string of the molecule is CCC(C)C(C)CCCCNC. The molecular weight excluding hydrogens is 146 g/mol. The molecule has 0 aliphatic carbocycles. The molecule has 0 fully saturated rings. The Labute approximate surface area is 77.9 Å². The zero-order valence-corrected chi connectivity index (χ0v) is 9.19. The molecule has 0 aliphatic rings. The van der Waals surface area contributed by atoms with E-state index in [0.29, 0.717) is 0 Å². The summed E-state index contributed by atoms with van der Waals surface area (Å²) in [5, 5.41) is 3.18. The minimum Gasteiger partial charge on any atom is -0.320 e. The molecule has 0 amide bonds. The summed E-state index contributed by atoms with van der Waals surface area (Å²) in [6.45, 7) is 8.21. The standard InChI is InChI=1S/C11H25N/c1-5-10(2)11(3)8-6-7-9-12-4/h10-12H,5-9H2,1-4H3. The van der Waals surface area contributed by atoms with Crippen LogP contribution in [0.5, 0.6) is 0 Å². The maximum atomic E-state index is 3.18. The monoisotopic (exact) mass is 171 g/mol. The molecule has 2 unspecified atom stereocenters. The Morgan fingerprint density at radius 1 is 1.08 bits per heavy atom. The topological polar surface area (TPSA) is 12.0 Å². The van der Waals surface area contributed by atoms with Gasteiger partial charge in [-0.25, -0.2) is 0 Å². The van der Waals surface area contributed by atoms with Crippen molar-refractivity contribution < 1.29 is 0 Å². The van der Waals surface area contributed by atoms with Crippen molar-refractivity contribution >= 4 is 0 Å². The van der Waals surface area contributed by atoms with Crippen LogP contribution in [0.1, 0.15) is 46.5 Å². The highest BCUT2D eigenvalue weighted by Gasteiger charge is 2.08. The number of hydrogen-bond acceptors (Lipinski definition) is 1. The Balaban J connectivity index is 3.24. The molecule has 0 aliphatic heterocycles. The highest BCUT2D eigenvalue weighted by molar-refractivity contribution is 4.60. The van der Waals surface area contributed by atoms with E-state index in [-0.39, 0.29) is 0 Å². The summed E-state index contributed by atoms with van der Waals surface area (Å²) in [6.07, 6.45) is 5.44. The van der Waals surface area contributed by atoms with Crippen molar-refractivity contribution in [1.29, 1.82) is 0 Å². The van der Waals surface area contributed by atoms with Gasteiger partial charge in [0.15, 0.2) is 0 Å². The second kappa shape index (κ2) is 7.60. The fourth-order valence-corrected chi connectivity index (χ4v) is 1.45. The molecule has 0 heterocycles. The van der Waals surface area contributed by atoms with E-state index in [2.05, 4.69) is 26.1 Å². The maximum Gasteiger partial charge on any atom is -0.00519 e. The van der Waals surface area contributed by atoms with Gasteiger partial charge in [0.1, 0.15) is 0 Å². The molecule has 1 heteroatoms. The number of unbranched alkanes of at least 4 members (excludes halogenated alkanes) is 1. The van der Waals surface area contributed by atoms with Crippen molar-refractivity contribution in [2.75, 3.05) is 13.6 Å². The van der Waals surface area contributed by atoms with E-state index in [0.717, 1.165) is 11.8 Å². The van der Waals surface area contributed by atoms with Crippen LogP contribution in [-0.2, 0) is 0 Å². The van der Waals surface area contributed by atoms with E-state index in [4.69, 9.17) is 0 Å². The van der Waals surface area contributed by atoms with Crippen molar-refractivity contribution in [2.24, 2.45) is 11.8 Å². The van der Waals surface area contributed by atoms with Crippen molar-refractivity contribution in [3.8, 4) is 0 Å². The van der Waals surface area contributed by atoms with Gasteiger partial charge in [0.2, 0.25) is 0 Å². The Hall–Kier alpha value is -0.0400. The number of nitrogens with one attached hydrogen (secondary N) is 1. The Morgan fingerprint density at radius 2 is 1.75 bits per heavy atom. The van der Waals surface area contributed by atoms with E-state index in [9.17, 15) is 0 Å². The van der Waals surface area contributed by atoms with Gasteiger partial charge in [0, 0.05) is 0 Å². The zero-order chi connectivity index (χ0) is 9.40. The van der Waals surface area contributed by atoms with Gasteiger partial charge in [-0.1, -0.05) is 40.0 Å². The van der Waals surface area contributed by atoms with E-state index in [1.807, 2.05) is 7.05 Å².